The van der Waals surface area contributed by atoms with Crippen LogP contribution >= 0.6 is 22.9 Å². The number of thiophene rings is 1. The van der Waals surface area contributed by atoms with Crippen molar-refractivity contribution >= 4 is 50.7 Å². The maximum absolute atomic E-state index is 13.5. The molecule has 1 aliphatic rings. The van der Waals surface area contributed by atoms with Crippen LogP contribution in [0.25, 0.3) is 22.2 Å². The highest BCUT2D eigenvalue weighted by Crippen LogP contribution is 2.40. The topological polar surface area (TPSA) is 68.3 Å². The molecular weight excluding hydrogens is 444 g/mol. The molecule has 5 nitrogen and oxygen atoms in total. The lowest BCUT2D eigenvalue weighted by molar-refractivity contribution is 0.0601. The van der Waals surface area contributed by atoms with Crippen molar-refractivity contribution in [2.75, 3.05) is 12.4 Å². The summed E-state index contributed by atoms with van der Waals surface area (Å²) in [6.45, 7) is 0. The fraction of sp³-hybridized carbons (Fsp3) is 0.160. The summed E-state index contributed by atoms with van der Waals surface area (Å²) in [7, 11) is 1.36. The summed E-state index contributed by atoms with van der Waals surface area (Å²) in [5.41, 5.74) is 3.99. The van der Waals surface area contributed by atoms with Crippen LogP contribution in [0.5, 0.6) is 0 Å². The van der Waals surface area contributed by atoms with Gasteiger partial charge in [-0.1, -0.05) is 48.0 Å². The summed E-state index contributed by atoms with van der Waals surface area (Å²) < 4.78 is 5.00. The number of carbonyl (C=O) groups is 2. The Bertz CT molecular complexity index is 1380. The second-order valence-electron chi connectivity index (χ2n) is 7.56. The number of nitrogens with zero attached hydrogens (tertiary/aromatic N) is 1. The van der Waals surface area contributed by atoms with Gasteiger partial charge >= 0.3 is 5.97 Å². The summed E-state index contributed by atoms with van der Waals surface area (Å²) in [6.07, 6.45) is 2.74. The van der Waals surface area contributed by atoms with Crippen LogP contribution < -0.4 is 5.32 Å². The normalized spacial score (nSPS) is 12.6. The van der Waals surface area contributed by atoms with Crippen molar-refractivity contribution in [3.63, 3.8) is 0 Å². The van der Waals surface area contributed by atoms with Crippen LogP contribution in [0.4, 0.5) is 5.00 Å². The quantitative estimate of drug-likeness (QED) is 0.369. The number of halogens is 1. The van der Waals surface area contributed by atoms with Gasteiger partial charge in [0.05, 0.1) is 29.4 Å². The number of nitrogens with one attached hydrogen (secondary N) is 1. The molecule has 5 rings (SSSR count). The van der Waals surface area contributed by atoms with Gasteiger partial charge in [0.25, 0.3) is 5.91 Å². The van der Waals surface area contributed by atoms with E-state index in [1.807, 2.05) is 42.5 Å². The molecule has 1 N–H and O–H groups in total. The third-order valence-electron chi connectivity index (χ3n) is 5.65. The van der Waals surface area contributed by atoms with Crippen LogP contribution in [0.15, 0.2) is 54.6 Å². The van der Waals surface area contributed by atoms with E-state index >= 15 is 0 Å². The van der Waals surface area contributed by atoms with Gasteiger partial charge in [-0.05, 0) is 43.0 Å². The smallest absolute Gasteiger partial charge is 0.341 e. The number of fused-ring (bicyclic) bond motifs is 2. The molecule has 0 radical (unpaired) electrons. The molecule has 2 aromatic heterocycles. The Kier molecular flexibility index (Phi) is 5.41. The highest BCUT2D eigenvalue weighted by atomic mass is 35.5. The van der Waals surface area contributed by atoms with E-state index in [9.17, 15) is 9.59 Å². The number of carbonyl (C=O) groups excluding carboxylic acids is 2. The van der Waals surface area contributed by atoms with Crippen LogP contribution in [-0.4, -0.2) is 24.0 Å². The molecule has 4 aromatic rings. The largest absolute Gasteiger partial charge is 0.465 e. The number of pyridine rings is 1. The Balaban J connectivity index is 1.60. The Morgan fingerprint density at radius 3 is 2.69 bits per heavy atom. The molecule has 0 spiro atoms. The lowest BCUT2D eigenvalue weighted by atomic mass is 10.0. The maximum Gasteiger partial charge on any atom is 0.341 e. The number of aryl methyl sites for hydroxylation is 1. The standard InChI is InChI=1S/C25H19ClN2O3S/c1-31-25(30)22-16-9-6-12-21(16)32-24(22)28-23(29)17-13-20(15-8-2-4-10-18(15)26)27-19-11-5-3-7-14(17)19/h2-5,7-8,10-11,13H,6,9,12H2,1H3,(H,28,29). The molecule has 0 unspecified atom stereocenters. The number of hydrogen-bond acceptors (Lipinski definition) is 5. The van der Waals surface area contributed by atoms with Crippen molar-refractivity contribution < 1.29 is 14.3 Å². The number of aromatic nitrogens is 1. The van der Waals surface area contributed by atoms with Gasteiger partial charge in [-0.15, -0.1) is 11.3 Å². The fourth-order valence-corrected chi connectivity index (χ4v) is 5.66. The molecule has 0 atom stereocenters. The number of methoxy groups -OCH3 is 1. The fourth-order valence-electron chi connectivity index (χ4n) is 4.15. The van der Waals surface area contributed by atoms with Crippen LogP contribution in [0, 0.1) is 0 Å². The molecular formula is C25H19ClN2O3S. The first kappa shape index (κ1) is 20.7. The number of benzene rings is 2. The van der Waals surface area contributed by atoms with E-state index in [-0.39, 0.29) is 5.91 Å². The number of ether oxygens (including phenoxy) is 1. The van der Waals surface area contributed by atoms with Crippen molar-refractivity contribution in [2.24, 2.45) is 0 Å². The van der Waals surface area contributed by atoms with Gasteiger partial charge in [-0.3, -0.25) is 4.79 Å². The summed E-state index contributed by atoms with van der Waals surface area (Å²) >= 11 is 7.85. The van der Waals surface area contributed by atoms with E-state index in [0.29, 0.717) is 32.4 Å². The third kappa shape index (κ3) is 3.55. The van der Waals surface area contributed by atoms with Crippen molar-refractivity contribution in [1.29, 1.82) is 0 Å². The Hall–Kier alpha value is -3.22. The van der Waals surface area contributed by atoms with Gasteiger partial charge in [-0.25, -0.2) is 9.78 Å². The van der Waals surface area contributed by atoms with Crippen molar-refractivity contribution in [1.82, 2.24) is 4.98 Å². The van der Waals surface area contributed by atoms with Crippen molar-refractivity contribution in [2.45, 2.75) is 19.3 Å². The summed E-state index contributed by atoms with van der Waals surface area (Å²) in [5.74, 6) is -0.724. The van der Waals surface area contributed by atoms with E-state index in [4.69, 9.17) is 21.3 Å². The maximum atomic E-state index is 13.5. The van der Waals surface area contributed by atoms with Crippen LogP contribution in [0.3, 0.4) is 0 Å². The van der Waals surface area contributed by atoms with E-state index in [1.165, 1.54) is 18.4 Å². The number of anilines is 1. The average Bonchev–Trinajstić information content (AvgIpc) is 3.39. The Morgan fingerprint density at radius 1 is 1.09 bits per heavy atom. The third-order valence-corrected chi connectivity index (χ3v) is 7.19. The highest BCUT2D eigenvalue weighted by molar-refractivity contribution is 7.17. The van der Waals surface area contributed by atoms with E-state index < -0.39 is 5.97 Å². The van der Waals surface area contributed by atoms with E-state index in [0.717, 1.165) is 40.7 Å². The predicted octanol–water partition coefficient (Wildman–Crippen LogP) is 6.14. The minimum absolute atomic E-state index is 0.304. The molecule has 2 aromatic carbocycles. The number of hydrogen-bond donors (Lipinski definition) is 1. The SMILES string of the molecule is COC(=O)c1c(NC(=O)c2cc(-c3ccccc3Cl)nc3ccccc23)sc2c1CCC2. The molecule has 0 aliphatic heterocycles. The van der Waals surface area contributed by atoms with Crippen LogP contribution in [0.2, 0.25) is 5.02 Å². The van der Waals surface area contributed by atoms with E-state index in [1.54, 1.807) is 12.1 Å². The lowest BCUT2D eigenvalue weighted by Crippen LogP contribution is -2.15. The zero-order chi connectivity index (χ0) is 22.2. The number of amides is 1. The molecule has 0 bridgehead atoms. The molecule has 0 fully saturated rings. The first-order valence-electron chi connectivity index (χ1n) is 10.3. The van der Waals surface area contributed by atoms with Gasteiger partial charge < -0.3 is 10.1 Å². The second-order valence-corrected chi connectivity index (χ2v) is 9.07. The summed E-state index contributed by atoms with van der Waals surface area (Å²) in [6, 6.07) is 16.6. The Morgan fingerprint density at radius 2 is 1.88 bits per heavy atom. The van der Waals surface area contributed by atoms with Crippen molar-refractivity contribution in [3.05, 3.63) is 81.2 Å². The lowest BCUT2D eigenvalue weighted by Gasteiger charge is -2.12. The molecule has 0 saturated carbocycles. The number of para-hydroxylation sites is 1. The number of esters is 1. The van der Waals surface area contributed by atoms with Gasteiger partial charge in [0.2, 0.25) is 0 Å². The summed E-state index contributed by atoms with van der Waals surface area (Å²) in [4.78, 5) is 31.8. The zero-order valence-electron chi connectivity index (χ0n) is 17.3. The van der Waals surface area contributed by atoms with E-state index in [2.05, 4.69) is 5.32 Å². The monoisotopic (exact) mass is 462 g/mol. The second kappa shape index (κ2) is 8.37. The minimum atomic E-state index is -0.420. The molecule has 0 saturated heterocycles. The molecule has 1 aliphatic carbocycles. The van der Waals surface area contributed by atoms with Crippen LogP contribution in [-0.2, 0) is 17.6 Å². The van der Waals surface area contributed by atoms with Gasteiger partial charge in [0.1, 0.15) is 5.00 Å². The molecule has 32 heavy (non-hydrogen) atoms. The van der Waals surface area contributed by atoms with Gasteiger partial charge in [0, 0.05) is 20.8 Å². The minimum Gasteiger partial charge on any atom is -0.465 e. The average molecular weight is 463 g/mol. The zero-order valence-corrected chi connectivity index (χ0v) is 18.8. The van der Waals surface area contributed by atoms with Gasteiger partial charge in [-0.2, -0.15) is 0 Å². The van der Waals surface area contributed by atoms with Crippen molar-refractivity contribution in [3.8, 4) is 11.3 Å². The molecule has 1 amide bonds. The van der Waals surface area contributed by atoms with Gasteiger partial charge in [0.15, 0.2) is 0 Å². The van der Waals surface area contributed by atoms with Crippen LogP contribution in [0.1, 0.15) is 37.6 Å². The molecule has 160 valence electrons. The Labute approximate surface area is 194 Å². The first-order chi connectivity index (χ1) is 15.6. The highest BCUT2D eigenvalue weighted by Gasteiger charge is 2.28. The molecule has 2 heterocycles. The molecule has 7 heteroatoms. The number of rotatable bonds is 4. The first-order valence-corrected chi connectivity index (χ1v) is 11.4. The summed E-state index contributed by atoms with van der Waals surface area (Å²) in [5, 5.41) is 4.79. The predicted molar refractivity (Wildman–Crippen MR) is 128 cm³/mol.